The summed E-state index contributed by atoms with van der Waals surface area (Å²) in [5, 5.41) is 2.81. The Bertz CT molecular complexity index is 1110. The van der Waals surface area contributed by atoms with Gasteiger partial charge in [-0.2, -0.15) is 13.2 Å². The highest BCUT2D eigenvalue weighted by Gasteiger charge is 2.42. The van der Waals surface area contributed by atoms with Crippen LogP contribution in [0.25, 0.3) is 0 Å². The van der Waals surface area contributed by atoms with Crippen molar-refractivity contribution in [2.75, 3.05) is 0 Å². The average Bonchev–Trinajstić information content (AvgIpc) is 3.04. The van der Waals surface area contributed by atoms with E-state index in [1.807, 2.05) is 30.3 Å². The SMILES string of the molecule is O=C(NCc1ccccc1)C1c2ccccc2C(=O)N1Cc1ccccc1C(F)(F)F. The molecule has 7 heteroatoms. The number of carbonyl (C=O) groups is 2. The number of nitrogens with zero attached hydrogens (tertiary/aromatic N) is 1. The van der Waals surface area contributed by atoms with E-state index in [9.17, 15) is 22.8 Å². The fraction of sp³-hybridized carbons (Fsp3) is 0.167. The van der Waals surface area contributed by atoms with Crippen LogP contribution in [-0.4, -0.2) is 16.7 Å². The third-order valence-corrected chi connectivity index (χ3v) is 5.28. The lowest BCUT2D eigenvalue weighted by Gasteiger charge is -2.26. The molecule has 0 radical (unpaired) electrons. The zero-order valence-electron chi connectivity index (χ0n) is 16.4. The Balaban J connectivity index is 1.65. The molecule has 0 spiro atoms. The second-order valence-electron chi connectivity index (χ2n) is 7.28. The van der Waals surface area contributed by atoms with E-state index in [1.54, 1.807) is 24.3 Å². The third-order valence-electron chi connectivity index (χ3n) is 5.28. The number of nitrogens with one attached hydrogen (secondary N) is 1. The monoisotopic (exact) mass is 424 g/mol. The van der Waals surface area contributed by atoms with Gasteiger partial charge in [0, 0.05) is 18.7 Å². The number of hydrogen-bond donors (Lipinski definition) is 1. The van der Waals surface area contributed by atoms with Crippen LogP contribution in [0.15, 0.2) is 78.9 Å². The van der Waals surface area contributed by atoms with Crippen molar-refractivity contribution in [2.45, 2.75) is 25.3 Å². The molecular formula is C24H19F3N2O2. The zero-order valence-corrected chi connectivity index (χ0v) is 16.4. The molecule has 0 aliphatic carbocycles. The standard InChI is InChI=1S/C24H19F3N2O2/c25-24(26,27)20-13-7-4-10-17(20)15-29-21(18-11-5-6-12-19(18)23(29)31)22(30)28-14-16-8-2-1-3-9-16/h1-13,21H,14-15H2,(H,28,30). The van der Waals surface area contributed by atoms with E-state index in [0.29, 0.717) is 11.1 Å². The zero-order chi connectivity index (χ0) is 22.0. The summed E-state index contributed by atoms with van der Waals surface area (Å²) in [5.41, 5.74) is 0.816. The van der Waals surface area contributed by atoms with Crippen molar-refractivity contribution in [3.8, 4) is 0 Å². The summed E-state index contributed by atoms with van der Waals surface area (Å²) in [4.78, 5) is 27.3. The average molecular weight is 424 g/mol. The molecule has 3 aromatic rings. The second kappa shape index (κ2) is 8.26. The van der Waals surface area contributed by atoms with E-state index in [2.05, 4.69) is 5.32 Å². The topological polar surface area (TPSA) is 49.4 Å². The Morgan fingerprint density at radius 2 is 1.55 bits per heavy atom. The lowest BCUT2D eigenvalue weighted by atomic mass is 10.0. The van der Waals surface area contributed by atoms with Crippen molar-refractivity contribution in [3.05, 3.63) is 107 Å². The highest BCUT2D eigenvalue weighted by atomic mass is 19.4. The van der Waals surface area contributed by atoms with Crippen molar-refractivity contribution >= 4 is 11.8 Å². The van der Waals surface area contributed by atoms with Crippen LogP contribution in [0.2, 0.25) is 0 Å². The Labute approximate surface area is 177 Å². The van der Waals surface area contributed by atoms with Crippen LogP contribution in [0.1, 0.15) is 38.7 Å². The highest BCUT2D eigenvalue weighted by Crippen LogP contribution is 2.38. The lowest BCUT2D eigenvalue weighted by Crippen LogP contribution is -2.38. The molecule has 0 fully saturated rings. The molecule has 1 aliphatic heterocycles. The van der Waals surface area contributed by atoms with Gasteiger partial charge in [0.2, 0.25) is 5.91 Å². The van der Waals surface area contributed by atoms with Gasteiger partial charge in [-0.25, -0.2) is 0 Å². The van der Waals surface area contributed by atoms with Gasteiger partial charge in [-0.15, -0.1) is 0 Å². The van der Waals surface area contributed by atoms with Crippen LogP contribution in [0.5, 0.6) is 0 Å². The van der Waals surface area contributed by atoms with Gasteiger partial charge in [-0.1, -0.05) is 66.7 Å². The Hall–Kier alpha value is -3.61. The van der Waals surface area contributed by atoms with Crippen molar-refractivity contribution in [3.63, 3.8) is 0 Å². The van der Waals surface area contributed by atoms with Crippen LogP contribution in [0.4, 0.5) is 13.2 Å². The highest BCUT2D eigenvalue weighted by molar-refractivity contribution is 6.04. The molecule has 1 unspecified atom stereocenters. The molecule has 0 bridgehead atoms. The summed E-state index contributed by atoms with van der Waals surface area (Å²) in [6.45, 7) is -0.0773. The number of rotatable bonds is 5. The molecule has 31 heavy (non-hydrogen) atoms. The molecule has 158 valence electrons. The predicted molar refractivity (Wildman–Crippen MR) is 109 cm³/mol. The number of fused-ring (bicyclic) bond motifs is 1. The molecular weight excluding hydrogens is 405 g/mol. The van der Waals surface area contributed by atoms with Gasteiger partial charge in [0.1, 0.15) is 6.04 Å². The van der Waals surface area contributed by atoms with Gasteiger partial charge in [0.25, 0.3) is 5.91 Å². The minimum Gasteiger partial charge on any atom is -0.350 e. The maximum absolute atomic E-state index is 13.5. The quantitative estimate of drug-likeness (QED) is 0.645. The number of benzene rings is 3. The van der Waals surface area contributed by atoms with Gasteiger partial charge >= 0.3 is 6.18 Å². The van der Waals surface area contributed by atoms with Gasteiger partial charge in [0.05, 0.1) is 5.56 Å². The van der Waals surface area contributed by atoms with Crippen molar-refractivity contribution in [1.82, 2.24) is 10.2 Å². The number of alkyl halides is 3. The van der Waals surface area contributed by atoms with Gasteiger partial charge in [-0.3, -0.25) is 9.59 Å². The first-order chi connectivity index (χ1) is 14.9. The molecule has 0 aromatic heterocycles. The predicted octanol–water partition coefficient (Wildman–Crippen LogP) is 4.72. The van der Waals surface area contributed by atoms with Gasteiger partial charge < -0.3 is 10.2 Å². The minimum atomic E-state index is -4.56. The first-order valence-electron chi connectivity index (χ1n) is 9.73. The Morgan fingerprint density at radius 1 is 0.903 bits per heavy atom. The Morgan fingerprint density at radius 3 is 2.29 bits per heavy atom. The maximum atomic E-state index is 13.5. The van der Waals surface area contributed by atoms with Crippen molar-refractivity contribution in [1.29, 1.82) is 0 Å². The fourth-order valence-electron chi connectivity index (χ4n) is 3.82. The van der Waals surface area contributed by atoms with Crippen LogP contribution >= 0.6 is 0 Å². The molecule has 1 atom stereocenters. The van der Waals surface area contributed by atoms with E-state index < -0.39 is 29.6 Å². The summed E-state index contributed by atoms with van der Waals surface area (Å²) in [6.07, 6.45) is -4.56. The number of carbonyl (C=O) groups excluding carboxylic acids is 2. The first-order valence-corrected chi connectivity index (χ1v) is 9.73. The Kier molecular flexibility index (Phi) is 5.50. The lowest BCUT2D eigenvalue weighted by molar-refractivity contribution is -0.138. The van der Waals surface area contributed by atoms with Gasteiger partial charge in [0.15, 0.2) is 0 Å². The first kappa shape index (κ1) is 20.7. The van der Waals surface area contributed by atoms with E-state index in [0.717, 1.165) is 11.6 Å². The van der Waals surface area contributed by atoms with E-state index >= 15 is 0 Å². The van der Waals surface area contributed by atoms with Crippen LogP contribution < -0.4 is 5.32 Å². The second-order valence-corrected chi connectivity index (χ2v) is 7.28. The normalized spacial score (nSPS) is 15.6. The molecule has 0 saturated carbocycles. The summed E-state index contributed by atoms with van der Waals surface area (Å²) in [5.74, 6) is -0.904. The van der Waals surface area contributed by atoms with E-state index in [1.165, 1.54) is 23.1 Å². The van der Waals surface area contributed by atoms with Crippen molar-refractivity contribution in [2.24, 2.45) is 0 Å². The van der Waals surface area contributed by atoms with E-state index in [4.69, 9.17) is 0 Å². The molecule has 0 saturated heterocycles. The van der Waals surface area contributed by atoms with Gasteiger partial charge in [-0.05, 0) is 28.8 Å². The third kappa shape index (κ3) is 4.17. The molecule has 1 aliphatic rings. The number of hydrogen-bond acceptors (Lipinski definition) is 2. The smallest absolute Gasteiger partial charge is 0.350 e. The van der Waals surface area contributed by atoms with Crippen molar-refractivity contribution < 1.29 is 22.8 Å². The number of amides is 2. The van der Waals surface area contributed by atoms with Crippen LogP contribution in [0, 0.1) is 0 Å². The maximum Gasteiger partial charge on any atom is 0.416 e. The summed E-state index contributed by atoms with van der Waals surface area (Å²) in [6, 6.07) is 20.0. The summed E-state index contributed by atoms with van der Waals surface area (Å²) in [7, 11) is 0. The van der Waals surface area contributed by atoms with Crippen LogP contribution in [0.3, 0.4) is 0 Å². The fourth-order valence-corrected chi connectivity index (χ4v) is 3.82. The molecule has 4 nitrogen and oxygen atoms in total. The largest absolute Gasteiger partial charge is 0.416 e. The molecule has 1 heterocycles. The summed E-state index contributed by atoms with van der Waals surface area (Å²) < 4.78 is 40.4. The minimum absolute atomic E-state index is 0.0583. The molecule has 2 amide bonds. The molecule has 4 rings (SSSR count). The van der Waals surface area contributed by atoms with E-state index in [-0.39, 0.29) is 18.7 Å². The summed E-state index contributed by atoms with van der Waals surface area (Å²) >= 11 is 0. The molecule has 3 aromatic carbocycles. The van der Waals surface area contributed by atoms with Crippen LogP contribution in [-0.2, 0) is 24.1 Å². The molecule has 1 N–H and O–H groups in total. The number of halogens is 3.